The zero-order valence-electron chi connectivity index (χ0n) is 79.2. The van der Waals surface area contributed by atoms with Crippen LogP contribution in [0.1, 0.15) is 232 Å². The Morgan fingerprint density at radius 3 is 0.920 bits per heavy atom. The molecule has 10 atom stereocenters. The lowest BCUT2D eigenvalue weighted by atomic mass is 9.75. The van der Waals surface area contributed by atoms with Crippen molar-refractivity contribution in [2.45, 2.75) is 207 Å². The molecule has 2 unspecified atom stereocenters. The number of rotatable bonds is 17. The second-order valence-corrected chi connectivity index (χ2v) is 36.0. The van der Waals surface area contributed by atoms with Crippen LogP contribution in [-0.2, 0) is 75.5 Å². The van der Waals surface area contributed by atoms with Crippen molar-refractivity contribution in [2.75, 3.05) is 21.3 Å². The van der Waals surface area contributed by atoms with E-state index in [9.17, 15) is 92.6 Å². The van der Waals surface area contributed by atoms with Crippen molar-refractivity contribution in [2.24, 2.45) is 0 Å². The van der Waals surface area contributed by atoms with Crippen molar-refractivity contribution in [1.29, 1.82) is 0 Å². The van der Waals surface area contributed by atoms with Gasteiger partial charge in [0.05, 0.1) is 74.0 Å². The third kappa shape index (κ3) is 21.4. The summed E-state index contributed by atoms with van der Waals surface area (Å²) in [5, 5.41) is 28.3. The molecular formula is C107H110F11N7O12. The number of ether oxygens (including phenoxy) is 3. The number of carboxylic acid groups (broad SMARTS) is 1. The first-order chi connectivity index (χ1) is 66.3. The highest BCUT2D eigenvalue weighted by Gasteiger charge is 2.54. The first-order valence-corrected chi connectivity index (χ1v) is 44.7. The van der Waals surface area contributed by atoms with E-state index in [-0.39, 0.29) is 54.5 Å². The summed E-state index contributed by atoms with van der Waals surface area (Å²) in [4.78, 5) is 93.6. The number of allylic oxidation sites excluding steroid dienone is 2. The minimum Gasteiger partial charge on any atom is -0.481 e. The van der Waals surface area contributed by atoms with Gasteiger partial charge in [0.2, 0.25) is 0 Å². The Kier molecular flexibility index (Phi) is 32.2. The smallest absolute Gasteiger partial charge is 0.320 e. The van der Waals surface area contributed by atoms with Crippen molar-refractivity contribution >= 4 is 41.3 Å². The maximum absolute atomic E-state index is 14.0. The second-order valence-electron chi connectivity index (χ2n) is 36.0. The highest BCUT2D eigenvalue weighted by atomic mass is 19.2. The van der Waals surface area contributed by atoms with E-state index >= 15 is 0 Å². The molecule has 5 heterocycles. The van der Waals surface area contributed by atoms with Crippen LogP contribution >= 0.6 is 0 Å². The van der Waals surface area contributed by atoms with E-state index in [0.29, 0.717) is 185 Å². The molecule has 6 aliphatic carbocycles. The Bertz CT molecular complexity index is 6110. The third-order valence-corrected chi connectivity index (χ3v) is 28.3. The number of pyridine rings is 5. The second kappa shape index (κ2) is 43.7. The molecule has 0 aliphatic heterocycles. The van der Waals surface area contributed by atoms with Gasteiger partial charge in [0.1, 0.15) is 74.8 Å². The molecule has 5 aromatic heterocycles. The van der Waals surface area contributed by atoms with E-state index < -0.39 is 103 Å². The van der Waals surface area contributed by atoms with Gasteiger partial charge < -0.3 is 19.3 Å². The number of nitrogens with one attached hydrogen (secondary N) is 2. The van der Waals surface area contributed by atoms with Crippen LogP contribution in [0.25, 0.3) is 5.57 Å². The predicted molar refractivity (Wildman–Crippen MR) is 492 cm³/mol. The zero-order chi connectivity index (χ0) is 101. The highest BCUT2D eigenvalue weighted by Crippen LogP contribution is 2.55. The molecule has 2 amide bonds. The van der Waals surface area contributed by atoms with Gasteiger partial charge in [-0.1, -0.05) is 90.5 Å². The van der Waals surface area contributed by atoms with E-state index in [0.717, 1.165) is 54.1 Å². The minimum atomic E-state index is -1.14. The van der Waals surface area contributed by atoms with Gasteiger partial charge in [0.15, 0.2) is 0 Å². The molecular weight excluding hydrogens is 1780 g/mol. The molecule has 0 radical (unpaired) electrons. The molecule has 11 aromatic rings. The summed E-state index contributed by atoms with van der Waals surface area (Å²) in [6.07, 6.45) is 25.6. The van der Waals surface area contributed by atoms with E-state index in [4.69, 9.17) is 17.2 Å². The highest BCUT2D eigenvalue weighted by molar-refractivity contribution is 5.93. The molecule has 5 N–H and O–H groups in total. The first kappa shape index (κ1) is 101. The Labute approximate surface area is 791 Å². The Morgan fingerprint density at radius 1 is 0.343 bits per heavy atom. The van der Waals surface area contributed by atoms with Crippen molar-refractivity contribution in [3.05, 3.63) is 378 Å². The van der Waals surface area contributed by atoms with Gasteiger partial charge in [-0.3, -0.25) is 64.1 Å². The van der Waals surface area contributed by atoms with Crippen LogP contribution in [0.3, 0.4) is 0 Å². The topological polar surface area (TPSA) is 279 Å². The number of aromatic nitrogens is 5. The van der Waals surface area contributed by atoms with E-state index in [1.165, 1.54) is 88.1 Å². The van der Waals surface area contributed by atoms with E-state index in [1.54, 1.807) is 156 Å². The number of carbonyl (C=O) groups excluding carboxylic acids is 5. The van der Waals surface area contributed by atoms with Crippen LogP contribution in [0, 0.1) is 106 Å². The fraction of sp³-hybridized carbons (Fsp3) is 0.336. The lowest BCUT2D eigenvalue weighted by Gasteiger charge is -2.29. The average molecular weight is 1900 g/mol. The number of methoxy groups -OCH3 is 3. The van der Waals surface area contributed by atoms with Gasteiger partial charge >= 0.3 is 23.9 Å². The first-order valence-electron chi connectivity index (χ1n) is 45.7. The van der Waals surface area contributed by atoms with Crippen molar-refractivity contribution < 1.29 is 111 Å². The number of esters is 3. The van der Waals surface area contributed by atoms with Crippen LogP contribution in [0.5, 0.6) is 0 Å². The zero-order valence-corrected chi connectivity index (χ0v) is 77.2. The van der Waals surface area contributed by atoms with Gasteiger partial charge in [-0.05, 0) is 342 Å². The summed E-state index contributed by atoms with van der Waals surface area (Å²) in [5.41, 5.74) is 8.98. The number of aliphatic carboxylic acids is 1. The van der Waals surface area contributed by atoms with Crippen LogP contribution < -0.4 is 11.0 Å². The SMILES string of the molecule is COC(=O)[C@@]1(c2cccc(F)c2C)CCC(c2cncc(F)c2)C1.COC(=O)[C@]1(c2cccc(F)c2C)C=C(C)CC1.COC(=O)[C@]1(c2cccc(F)c2C)C=C(c2cncc(F)c2)CC1.Cc1c(F)cccc1[C@]1(C(=O)NO)CC[C@@H](c2cncc(F)c2)C1.Cc1c(F)cccc1[C@]1(C(=O)NO)CC[C@H](c2cncc(F)c2)C1.Cc1c(F)cccc1[C@]1(C(=O)O)CCC(c2cncc(F)c2)C1.[2HH].[2H][2H]. The number of nitrogens with zero attached hydrogens (tertiary/aromatic N) is 5. The Morgan fingerprint density at radius 2 is 0.613 bits per heavy atom. The number of benzene rings is 6. The monoisotopic (exact) mass is 1900 g/mol. The quantitative estimate of drug-likeness (QED) is 0.0141. The van der Waals surface area contributed by atoms with Crippen molar-refractivity contribution in [3.8, 4) is 0 Å². The largest absolute Gasteiger partial charge is 0.481 e. The summed E-state index contributed by atoms with van der Waals surface area (Å²) in [7, 11) is 4.03. The van der Waals surface area contributed by atoms with Crippen molar-refractivity contribution in [3.63, 3.8) is 0 Å². The molecule has 0 bridgehead atoms. The number of halogens is 11. The number of hydroxylamine groups is 2. The van der Waals surface area contributed by atoms with Gasteiger partial charge in [0.25, 0.3) is 11.8 Å². The molecule has 6 aromatic carbocycles. The average Bonchev–Trinajstić information content (AvgIpc) is 1.59. The van der Waals surface area contributed by atoms with Crippen LogP contribution in [0.15, 0.2) is 219 Å². The Balaban J connectivity index is 0.000000172. The lowest BCUT2D eigenvalue weighted by Crippen LogP contribution is -2.42. The normalized spacial score (nSPS) is 22.8. The van der Waals surface area contributed by atoms with Gasteiger partial charge in [0, 0.05) is 35.4 Å². The molecule has 19 nitrogen and oxygen atoms in total. The summed E-state index contributed by atoms with van der Waals surface area (Å²) in [5.74, 6) is -7.85. The summed E-state index contributed by atoms with van der Waals surface area (Å²) < 4.78 is 176. The van der Waals surface area contributed by atoms with E-state index in [1.807, 2.05) is 19.1 Å². The fourth-order valence-electron chi connectivity index (χ4n) is 21.1. The lowest BCUT2D eigenvalue weighted by molar-refractivity contribution is -0.148. The van der Waals surface area contributed by atoms with Gasteiger partial charge in [-0.15, -0.1) is 0 Å². The number of carbonyl (C=O) groups is 6. The minimum absolute atomic E-state index is 0. The number of hydrogen-bond donors (Lipinski definition) is 5. The molecule has 4 fully saturated rings. The number of amides is 2. The summed E-state index contributed by atoms with van der Waals surface area (Å²) >= 11 is 0. The van der Waals surface area contributed by atoms with Crippen LogP contribution in [-0.4, -0.2) is 97.5 Å². The van der Waals surface area contributed by atoms with Gasteiger partial charge in [-0.25, -0.2) is 59.3 Å². The molecule has 0 saturated heterocycles. The molecule has 17 rings (SSSR count). The molecule has 722 valence electrons. The number of hydrogen-bond acceptors (Lipinski definition) is 16. The van der Waals surface area contributed by atoms with Crippen LogP contribution in [0.4, 0.5) is 48.3 Å². The number of carboxylic acids is 1. The maximum Gasteiger partial charge on any atom is 0.320 e. The summed E-state index contributed by atoms with van der Waals surface area (Å²) in [6, 6.07) is 35.1. The molecule has 4 saturated carbocycles. The van der Waals surface area contributed by atoms with E-state index in [2.05, 4.69) is 24.9 Å². The van der Waals surface area contributed by atoms with Crippen molar-refractivity contribution in [1.82, 2.24) is 35.9 Å². The fourth-order valence-corrected chi connectivity index (χ4v) is 21.1. The molecule has 137 heavy (non-hydrogen) atoms. The Hall–Kier alpha value is -13.5. The molecule has 6 aliphatic rings. The third-order valence-electron chi connectivity index (χ3n) is 28.3. The molecule has 0 spiro atoms. The summed E-state index contributed by atoms with van der Waals surface area (Å²) in [6.45, 7) is 11.8. The van der Waals surface area contributed by atoms with Gasteiger partial charge in [-0.2, -0.15) is 0 Å². The van der Waals surface area contributed by atoms with Crippen LogP contribution in [0.2, 0.25) is 0 Å². The molecule has 30 heteroatoms. The standard InChI is InChI=1S/C19H19F2NO2.C19H17F2NO2.2C18H18F2N2O2.C18H17F2NO2.C15H17FO2.2H2/c2*1-12-16(4-3-5-17(12)21)19(18(23)24-2)7-6-13(9-19)14-8-15(20)11-22-10-14;2*1-11-15(3-2-4-16(11)20)18(17(23)22-24)6-5-12(8-18)13-7-14(19)10-21-9-13;1-11-15(3-2-4-16(11)20)18(17(22)23)6-5-12(8-18)13-7-14(19)10-21-9-13;1-10-7-8-15(9-10,14(17)18-3)12-5-4-6-13(16)11(12)2;;/h3-5,8,10-11,13H,6-7,9H2,1-2H3;3-5,8-11H,6-7H2,1-2H3;2*2-4,7,9-10,12,24H,5-6,8H2,1H3,(H,22,23);2-4,7,9-10,12H,5-6,8H2,1H3,(H,22,23);4-6,9H,7-8H2,1-3H3;2*1H/t13?,19-;19-;12-,18+;12-,18-;12?,18-;15-;;/m001000../s1/i;;;;;;1+1D;1+1. The maximum atomic E-state index is 14.0. The predicted octanol–water partition coefficient (Wildman–Crippen LogP) is 22.5.